The van der Waals surface area contributed by atoms with Gasteiger partial charge in [-0.3, -0.25) is 0 Å². The fourth-order valence-corrected chi connectivity index (χ4v) is 2.42. The molecule has 4 nitrogen and oxygen atoms in total. The first-order valence-corrected chi connectivity index (χ1v) is 6.55. The minimum atomic E-state index is 0.451. The van der Waals surface area contributed by atoms with Crippen LogP contribution >= 0.6 is 0 Å². The molecule has 21 heavy (non-hydrogen) atoms. The summed E-state index contributed by atoms with van der Waals surface area (Å²) in [6.07, 6.45) is 0. The van der Waals surface area contributed by atoms with E-state index in [0.717, 1.165) is 16.4 Å². The topological polar surface area (TPSA) is 58.9 Å². The van der Waals surface area contributed by atoms with Crippen molar-refractivity contribution in [2.75, 3.05) is 0 Å². The number of hydrogen-bond acceptors (Lipinski definition) is 4. The van der Waals surface area contributed by atoms with E-state index in [2.05, 4.69) is 5.16 Å². The highest BCUT2D eigenvalue weighted by Gasteiger charge is 2.10. The summed E-state index contributed by atoms with van der Waals surface area (Å²) in [5.41, 5.74) is 1.43. The second kappa shape index (κ2) is 4.52. The number of para-hydroxylation sites is 2. The van der Waals surface area contributed by atoms with Crippen LogP contribution in [0.3, 0.4) is 0 Å². The molecule has 2 aromatic heterocycles. The molecule has 0 aliphatic heterocycles. The summed E-state index contributed by atoms with van der Waals surface area (Å²) >= 11 is 0. The first kappa shape index (κ1) is 11.8. The lowest BCUT2D eigenvalue weighted by molar-refractivity contribution is 0.302. The molecular weight excluding hydrogens is 266 g/mol. The quantitative estimate of drug-likeness (QED) is 0.420. The summed E-state index contributed by atoms with van der Waals surface area (Å²) in [5.74, 6) is 1.13. The maximum Gasteiger partial charge on any atom is 0.172 e. The summed E-state index contributed by atoms with van der Waals surface area (Å²) in [7, 11) is 0. The Bertz CT molecular complexity index is 978. The van der Waals surface area contributed by atoms with E-state index in [4.69, 9.17) is 8.83 Å². The Labute approximate surface area is 119 Å². The molecule has 0 aliphatic rings. The van der Waals surface area contributed by atoms with Gasteiger partial charge < -0.3 is 14.0 Å². The predicted molar refractivity (Wildman–Crippen MR) is 78.8 cm³/mol. The van der Waals surface area contributed by atoms with E-state index < -0.39 is 0 Å². The Morgan fingerprint density at radius 3 is 2.24 bits per heavy atom. The van der Waals surface area contributed by atoms with Crippen LogP contribution in [0.5, 0.6) is 0 Å². The molecule has 0 spiro atoms. The summed E-state index contributed by atoms with van der Waals surface area (Å²) in [6.45, 7) is 0. The van der Waals surface area contributed by atoms with Gasteiger partial charge in [-0.2, -0.15) is 0 Å². The third-order valence-electron chi connectivity index (χ3n) is 3.43. The van der Waals surface area contributed by atoms with Crippen LogP contribution in [-0.2, 0) is 0 Å². The molecule has 0 fully saturated rings. The Hall–Kier alpha value is -3.01. The lowest BCUT2D eigenvalue weighted by atomic mass is 10.2. The average molecular weight is 277 g/mol. The van der Waals surface area contributed by atoms with Gasteiger partial charge in [-0.25, -0.2) is 0 Å². The van der Waals surface area contributed by atoms with E-state index in [1.165, 1.54) is 0 Å². The van der Waals surface area contributed by atoms with Crippen LogP contribution in [0.15, 0.2) is 74.7 Å². The lowest BCUT2D eigenvalue weighted by Gasteiger charge is -2.01. The SMILES string of the molecule is O/N=c1\cc(-c2cc3ccccc3o2)oc2ccccc12. The van der Waals surface area contributed by atoms with Crippen molar-refractivity contribution in [3.05, 3.63) is 66.0 Å². The molecule has 0 radical (unpaired) electrons. The highest BCUT2D eigenvalue weighted by Crippen LogP contribution is 2.28. The molecule has 0 amide bonds. The van der Waals surface area contributed by atoms with Crippen LogP contribution in [0, 0.1) is 0 Å². The van der Waals surface area contributed by atoms with Gasteiger partial charge in [0.25, 0.3) is 0 Å². The first-order chi connectivity index (χ1) is 10.3. The van der Waals surface area contributed by atoms with Crippen LogP contribution in [-0.4, -0.2) is 5.21 Å². The molecule has 0 unspecified atom stereocenters. The molecule has 0 bridgehead atoms. The average Bonchev–Trinajstić information content (AvgIpc) is 2.98. The van der Waals surface area contributed by atoms with Gasteiger partial charge in [-0.15, -0.1) is 0 Å². The number of rotatable bonds is 1. The molecule has 4 rings (SSSR count). The third kappa shape index (κ3) is 1.89. The molecule has 0 saturated heterocycles. The second-order valence-electron chi connectivity index (χ2n) is 4.74. The van der Waals surface area contributed by atoms with Crippen LogP contribution in [0.2, 0.25) is 0 Å². The van der Waals surface area contributed by atoms with Gasteiger partial charge in [0.1, 0.15) is 16.5 Å². The zero-order valence-corrected chi connectivity index (χ0v) is 11.0. The molecule has 0 saturated carbocycles. The summed E-state index contributed by atoms with van der Waals surface area (Å²) in [5, 5.41) is 14.7. The van der Waals surface area contributed by atoms with E-state index in [-0.39, 0.29) is 0 Å². The Balaban J connectivity index is 2.02. The Morgan fingerprint density at radius 1 is 0.762 bits per heavy atom. The fourth-order valence-electron chi connectivity index (χ4n) is 2.42. The maximum absolute atomic E-state index is 9.20. The summed E-state index contributed by atoms with van der Waals surface area (Å²) in [6, 6.07) is 18.7. The second-order valence-corrected chi connectivity index (χ2v) is 4.74. The number of fused-ring (bicyclic) bond motifs is 2. The Kier molecular flexibility index (Phi) is 2.54. The van der Waals surface area contributed by atoms with Crippen molar-refractivity contribution in [3.63, 3.8) is 0 Å². The molecule has 0 atom stereocenters. The zero-order valence-electron chi connectivity index (χ0n) is 11.0. The molecule has 4 heteroatoms. The van der Waals surface area contributed by atoms with Gasteiger partial charge in [0.05, 0.1) is 0 Å². The van der Waals surface area contributed by atoms with E-state index in [9.17, 15) is 5.21 Å². The van der Waals surface area contributed by atoms with Gasteiger partial charge in [-0.1, -0.05) is 35.5 Å². The van der Waals surface area contributed by atoms with Crippen molar-refractivity contribution in [3.8, 4) is 11.5 Å². The highest BCUT2D eigenvalue weighted by atomic mass is 16.4. The van der Waals surface area contributed by atoms with Crippen molar-refractivity contribution < 1.29 is 14.0 Å². The van der Waals surface area contributed by atoms with E-state index in [1.807, 2.05) is 54.6 Å². The summed E-state index contributed by atoms with van der Waals surface area (Å²) < 4.78 is 11.6. The lowest BCUT2D eigenvalue weighted by Crippen LogP contribution is -2.02. The van der Waals surface area contributed by atoms with Gasteiger partial charge in [0, 0.05) is 16.8 Å². The van der Waals surface area contributed by atoms with Gasteiger partial charge in [0.15, 0.2) is 11.5 Å². The third-order valence-corrected chi connectivity index (χ3v) is 3.43. The van der Waals surface area contributed by atoms with Crippen molar-refractivity contribution in [2.24, 2.45) is 5.16 Å². The van der Waals surface area contributed by atoms with Crippen molar-refractivity contribution in [1.82, 2.24) is 0 Å². The van der Waals surface area contributed by atoms with Crippen molar-refractivity contribution in [2.45, 2.75) is 0 Å². The number of benzene rings is 2. The monoisotopic (exact) mass is 277 g/mol. The van der Waals surface area contributed by atoms with Gasteiger partial charge in [-0.05, 0) is 24.3 Å². The molecule has 4 aromatic rings. The highest BCUT2D eigenvalue weighted by molar-refractivity contribution is 5.83. The normalized spacial score (nSPS) is 12.3. The minimum Gasteiger partial charge on any atom is -0.453 e. The first-order valence-electron chi connectivity index (χ1n) is 6.55. The molecule has 2 heterocycles. The molecule has 0 aliphatic carbocycles. The predicted octanol–water partition coefficient (Wildman–Crippen LogP) is 4.14. The maximum atomic E-state index is 9.20. The van der Waals surface area contributed by atoms with Crippen LogP contribution in [0.1, 0.15) is 0 Å². The minimum absolute atomic E-state index is 0.451. The van der Waals surface area contributed by atoms with Crippen LogP contribution in [0.25, 0.3) is 33.5 Å². The van der Waals surface area contributed by atoms with Crippen LogP contribution in [0.4, 0.5) is 0 Å². The molecule has 1 N–H and O–H groups in total. The number of furan rings is 1. The number of hydrogen-bond donors (Lipinski definition) is 1. The van der Waals surface area contributed by atoms with E-state index in [1.54, 1.807) is 6.07 Å². The number of nitrogens with zero attached hydrogens (tertiary/aromatic N) is 1. The largest absolute Gasteiger partial charge is 0.453 e. The Morgan fingerprint density at radius 2 is 1.43 bits per heavy atom. The molecule has 102 valence electrons. The van der Waals surface area contributed by atoms with E-state index >= 15 is 0 Å². The zero-order chi connectivity index (χ0) is 14.2. The molecular formula is C17H11NO3. The fraction of sp³-hybridized carbons (Fsp3) is 0. The van der Waals surface area contributed by atoms with Gasteiger partial charge in [0.2, 0.25) is 0 Å². The van der Waals surface area contributed by atoms with Crippen molar-refractivity contribution in [1.29, 1.82) is 0 Å². The van der Waals surface area contributed by atoms with Crippen LogP contribution < -0.4 is 5.36 Å². The smallest absolute Gasteiger partial charge is 0.172 e. The van der Waals surface area contributed by atoms with Gasteiger partial charge >= 0.3 is 0 Å². The standard InChI is InChI=1S/C17H11NO3/c19-18-13-10-17(21-15-8-4-2-6-12(13)15)16-9-11-5-1-3-7-14(11)20-16/h1-10,19H/b18-13+. The van der Waals surface area contributed by atoms with Crippen molar-refractivity contribution >= 4 is 21.9 Å². The van der Waals surface area contributed by atoms with E-state index in [0.29, 0.717) is 22.5 Å². The summed E-state index contributed by atoms with van der Waals surface area (Å²) in [4.78, 5) is 0. The molecule has 2 aromatic carbocycles.